The molecule has 1 aromatic rings. The van der Waals surface area contributed by atoms with Gasteiger partial charge in [0, 0.05) is 19.3 Å². The van der Waals surface area contributed by atoms with E-state index in [1.54, 1.807) is 23.4 Å². The molecule has 0 spiro atoms. The SMILES string of the molecule is CC(C)CC(C)N(C)C(=O)c1ccncc1NN. The Bertz CT molecular complexity index is 406. The lowest BCUT2D eigenvalue weighted by molar-refractivity contribution is 0.0729. The van der Waals surface area contributed by atoms with E-state index in [-0.39, 0.29) is 11.9 Å². The number of hydrogen-bond acceptors (Lipinski definition) is 4. The number of rotatable bonds is 5. The highest BCUT2D eigenvalue weighted by atomic mass is 16.2. The number of nitrogen functional groups attached to an aromatic ring is 1. The molecule has 5 nitrogen and oxygen atoms in total. The molecule has 18 heavy (non-hydrogen) atoms. The average molecular weight is 250 g/mol. The number of nitrogens with one attached hydrogen (secondary N) is 1. The van der Waals surface area contributed by atoms with Gasteiger partial charge in [0.1, 0.15) is 0 Å². The van der Waals surface area contributed by atoms with Crippen LogP contribution in [0.5, 0.6) is 0 Å². The predicted molar refractivity (Wildman–Crippen MR) is 73.1 cm³/mol. The van der Waals surface area contributed by atoms with Gasteiger partial charge in [0.15, 0.2) is 0 Å². The molecule has 0 aromatic carbocycles. The summed E-state index contributed by atoms with van der Waals surface area (Å²) in [4.78, 5) is 18.0. The van der Waals surface area contributed by atoms with E-state index in [1.165, 1.54) is 0 Å². The lowest BCUT2D eigenvalue weighted by Gasteiger charge is -2.27. The summed E-state index contributed by atoms with van der Waals surface area (Å²) >= 11 is 0. The van der Waals surface area contributed by atoms with Crippen LogP contribution in [0.25, 0.3) is 0 Å². The summed E-state index contributed by atoms with van der Waals surface area (Å²) < 4.78 is 0. The average Bonchev–Trinajstić information content (AvgIpc) is 2.36. The van der Waals surface area contributed by atoms with Gasteiger partial charge in [0.25, 0.3) is 5.91 Å². The van der Waals surface area contributed by atoms with E-state index >= 15 is 0 Å². The number of nitrogens with zero attached hydrogens (tertiary/aromatic N) is 2. The van der Waals surface area contributed by atoms with Crippen LogP contribution in [0.4, 0.5) is 5.69 Å². The molecule has 0 saturated heterocycles. The molecule has 0 saturated carbocycles. The number of anilines is 1. The zero-order valence-corrected chi connectivity index (χ0v) is 11.5. The molecule has 1 heterocycles. The number of carbonyl (C=O) groups is 1. The summed E-state index contributed by atoms with van der Waals surface area (Å²) in [5, 5.41) is 0. The molecule has 1 unspecified atom stereocenters. The Hall–Kier alpha value is -1.62. The molecule has 0 radical (unpaired) electrons. The van der Waals surface area contributed by atoms with Gasteiger partial charge in [-0.15, -0.1) is 0 Å². The normalized spacial score (nSPS) is 12.3. The number of carbonyl (C=O) groups excluding carboxylic acids is 1. The van der Waals surface area contributed by atoms with Crippen molar-refractivity contribution < 1.29 is 4.79 Å². The minimum atomic E-state index is -0.0431. The van der Waals surface area contributed by atoms with E-state index in [9.17, 15) is 4.79 Å². The van der Waals surface area contributed by atoms with Crippen molar-refractivity contribution in [1.82, 2.24) is 9.88 Å². The summed E-state index contributed by atoms with van der Waals surface area (Å²) in [5.41, 5.74) is 3.60. The molecule has 5 heteroatoms. The van der Waals surface area contributed by atoms with Gasteiger partial charge in [0.2, 0.25) is 0 Å². The number of nitrogens with two attached hydrogens (primary N) is 1. The van der Waals surface area contributed by atoms with Gasteiger partial charge in [-0.1, -0.05) is 13.8 Å². The van der Waals surface area contributed by atoms with Crippen LogP contribution in [0, 0.1) is 5.92 Å². The third-order valence-electron chi connectivity index (χ3n) is 3.00. The third kappa shape index (κ3) is 3.43. The van der Waals surface area contributed by atoms with Crippen molar-refractivity contribution in [3.05, 3.63) is 24.0 Å². The summed E-state index contributed by atoms with van der Waals surface area (Å²) in [5.74, 6) is 5.90. The first kappa shape index (κ1) is 14.4. The molecule has 0 fully saturated rings. The number of hydrogen-bond donors (Lipinski definition) is 2. The first-order valence-corrected chi connectivity index (χ1v) is 6.15. The molecule has 0 bridgehead atoms. The van der Waals surface area contributed by atoms with Crippen molar-refractivity contribution in [3.63, 3.8) is 0 Å². The largest absolute Gasteiger partial charge is 0.339 e. The van der Waals surface area contributed by atoms with Crippen molar-refractivity contribution in [2.75, 3.05) is 12.5 Å². The van der Waals surface area contributed by atoms with Crippen molar-refractivity contribution in [2.24, 2.45) is 11.8 Å². The van der Waals surface area contributed by atoms with Crippen LogP contribution in [0.2, 0.25) is 0 Å². The smallest absolute Gasteiger partial charge is 0.256 e. The van der Waals surface area contributed by atoms with E-state index < -0.39 is 0 Å². The first-order valence-electron chi connectivity index (χ1n) is 6.15. The van der Waals surface area contributed by atoms with Crippen LogP contribution in [0.3, 0.4) is 0 Å². The molecule has 0 aliphatic rings. The van der Waals surface area contributed by atoms with E-state index in [4.69, 9.17) is 5.84 Å². The highest BCUT2D eigenvalue weighted by Crippen LogP contribution is 2.17. The molecule has 100 valence electrons. The monoisotopic (exact) mass is 250 g/mol. The van der Waals surface area contributed by atoms with Gasteiger partial charge in [-0.3, -0.25) is 15.6 Å². The molecule has 1 amide bonds. The molecule has 1 aromatic heterocycles. The number of hydrazine groups is 1. The minimum absolute atomic E-state index is 0.0431. The lowest BCUT2D eigenvalue weighted by Crippen LogP contribution is -2.36. The Morgan fingerprint density at radius 3 is 2.72 bits per heavy atom. The second-order valence-electron chi connectivity index (χ2n) is 4.96. The fourth-order valence-corrected chi connectivity index (χ4v) is 1.93. The predicted octanol–water partition coefficient (Wildman–Crippen LogP) is 1.87. The number of pyridine rings is 1. The van der Waals surface area contributed by atoms with E-state index in [0.717, 1.165) is 6.42 Å². The molecule has 1 atom stereocenters. The van der Waals surface area contributed by atoms with E-state index in [0.29, 0.717) is 17.2 Å². The molecule has 0 aliphatic heterocycles. The maximum atomic E-state index is 12.3. The summed E-state index contributed by atoms with van der Waals surface area (Å²) in [6.07, 6.45) is 4.11. The summed E-state index contributed by atoms with van der Waals surface area (Å²) in [6, 6.07) is 1.87. The van der Waals surface area contributed by atoms with Crippen LogP contribution in [-0.4, -0.2) is 28.9 Å². The topological polar surface area (TPSA) is 71.2 Å². The number of aromatic nitrogens is 1. The molecule has 1 rings (SSSR count). The van der Waals surface area contributed by atoms with Gasteiger partial charge < -0.3 is 10.3 Å². The quantitative estimate of drug-likeness (QED) is 0.618. The van der Waals surface area contributed by atoms with Crippen molar-refractivity contribution in [3.8, 4) is 0 Å². The van der Waals surface area contributed by atoms with Gasteiger partial charge in [-0.25, -0.2) is 0 Å². The maximum Gasteiger partial charge on any atom is 0.256 e. The van der Waals surface area contributed by atoms with Gasteiger partial charge in [-0.2, -0.15) is 0 Å². The highest BCUT2D eigenvalue weighted by molar-refractivity contribution is 5.99. The van der Waals surface area contributed by atoms with Gasteiger partial charge in [0.05, 0.1) is 17.4 Å². The summed E-state index contributed by atoms with van der Waals surface area (Å²) in [6.45, 7) is 6.34. The van der Waals surface area contributed by atoms with Crippen LogP contribution in [0.1, 0.15) is 37.6 Å². The second kappa shape index (κ2) is 6.35. The van der Waals surface area contributed by atoms with Crippen molar-refractivity contribution >= 4 is 11.6 Å². The number of amides is 1. The summed E-state index contributed by atoms with van der Waals surface area (Å²) in [7, 11) is 1.82. The fourth-order valence-electron chi connectivity index (χ4n) is 1.93. The zero-order chi connectivity index (χ0) is 13.7. The van der Waals surface area contributed by atoms with E-state index in [1.807, 2.05) is 7.05 Å². The first-order chi connectivity index (χ1) is 8.47. The molecule has 0 aliphatic carbocycles. The van der Waals surface area contributed by atoms with Crippen LogP contribution < -0.4 is 11.3 Å². The Morgan fingerprint density at radius 1 is 1.50 bits per heavy atom. The minimum Gasteiger partial charge on any atom is -0.339 e. The Balaban J connectivity index is 2.86. The third-order valence-corrected chi connectivity index (χ3v) is 3.00. The van der Waals surface area contributed by atoms with Crippen LogP contribution >= 0.6 is 0 Å². The van der Waals surface area contributed by atoms with Crippen LogP contribution in [0.15, 0.2) is 18.5 Å². The maximum absolute atomic E-state index is 12.3. The zero-order valence-electron chi connectivity index (χ0n) is 11.5. The Kier molecular flexibility index (Phi) is 5.09. The van der Waals surface area contributed by atoms with Gasteiger partial charge in [-0.05, 0) is 25.3 Å². The fraction of sp³-hybridized carbons (Fsp3) is 0.538. The molecule has 3 N–H and O–H groups in total. The Labute approximate surface area is 108 Å². The van der Waals surface area contributed by atoms with Crippen molar-refractivity contribution in [2.45, 2.75) is 33.2 Å². The Morgan fingerprint density at radius 2 is 2.17 bits per heavy atom. The van der Waals surface area contributed by atoms with Crippen molar-refractivity contribution in [1.29, 1.82) is 0 Å². The molecular formula is C13H22N4O. The van der Waals surface area contributed by atoms with E-state index in [2.05, 4.69) is 31.2 Å². The highest BCUT2D eigenvalue weighted by Gasteiger charge is 2.20. The molecular weight excluding hydrogens is 228 g/mol. The van der Waals surface area contributed by atoms with Gasteiger partial charge >= 0.3 is 0 Å². The standard InChI is InChI=1S/C13H22N4O/c1-9(2)7-10(3)17(4)13(18)11-5-6-15-8-12(11)16-14/h5-6,8-10,16H,7,14H2,1-4H3. The lowest BCUT2D eigenvalue weighted by atomic mass is 10.0. The second-order valence-corrected chi connectivity index (χ2v) is 4.96. The van der Waals surface area contributed by atoms with Crippen LogP contribution in [-0.2, 0) is 0 Å².